The molecule has 2 aliphatic rings. The van der Waals surface area contributed by atoms with Gasteiger partial charge in [0.1, 0.15) is 12.4 Å². The molecular weight excluding hydrogens is 311 g/mol. The lowest BCUT2D eigenvalue weighted by atomic mass is 9.60. The molecule has 2 N–H and O–H groups in total. The van der Waals surface area contributed by atoms with E-state index < -0.39 is 5.91 Å². The van der Waals surface area contributed by atoms with Gasteiger partial charge in [-0.1, -0.05) is 18.2 Å². The number of hydrogen-bond donors (Lipinski definition) is 1. The Morgan fingerprint density at radius 3 is 2.54 bits per heavy atom. The zero-order valence-electron chi connectivity index (χ0n) is 13.7. The number of halogens is 1. The summed E-state index contributed by atoms with van der Waals surface area (Å²) in [6.07, 6.45) is 3.89. The van der Waals surface area contributed by atoms with Crippen LogP contribution in [0.3, 0.4) is 0 Å². The van der Waals surface area contributed by atoms with Gasteiger partial charge in [-0.3, -0.25) is 9.59 Å². The van der Waals surface area contributed by atoms with Crippen molar-refractivity contribution in [1.82, 2.24) is 4.90 Å². The molecule has 24 heavy (non-hydrogen) atoms. The highest BCUT2D eigenvalue weighted by atomic mass is 19.1. The second kappa shape index (κ2) is 6.89. The van der Waals surface area contributed by atoms with E-state index in [9.17, 15) is 14.0 Å². The topological polar surface area (TPSA) is 72.6 Å². The summed E-state index contributed by atoms with van der Waals surface area (Å²) in [6, 6.07) is 6.39. The summed E-state index contributed by atoms with van der Waals surface area (Å²) in [5.74, 6) is -0.823. The van der Waals surface area contributed by atoms with Crippen LogP contribution >= 0.6 is 0 Å². The minimum atomic E-state index is -0.449. The van der Waals surface area contributed by atoms with Gasteiger partial charge >= 0.3 is 0 Å². The third kappa shape index (κ3) is 3.43. The molecular formula is C18H23FN2O3. The first kappa shape index (κ1) is 16.9. The maximum Gasteiger partial charge on any atom is 0.243 e. The lowest BCUT2D eigenvalue weighted by molar-refractivity contribution is -0.155. The molecule has 2 fully saturated rings. The van der Waals surface area contributed by atoms with Gasteiger partial charge in [-0.05, 0) is 37.3 Å². The van der Waals surface area contributed by atoms with Crippen LogP contribution in [0.5, 0.6) is 0 Å². The lowest BCUT2D eigenvalue weighted by Gasteiger charge is -2.53. The van der Waals surface area contributed by atoms with Crippen LogP contribution in [0.1, 0.15) is 31.2 Å². The molecule has 6 heteroatoms. The average molecular weight is 334 g/mol. The summed E-state index contributed by atoms with van der Waals surface area (Å²) < 4.78 is 19.3. The van der Waals surface area contributed by atoms with Crippen LogP contribution in [-0.4, -0.2) is 42.5 Å². The fraction of sp³-hybridized carbons (Fsp3) is 0.556. The number of ether oxygens (including phenoxy) is 1. The summed E-state index contributed by atoms with van der Waals surface area (Å²) in [5, 5.41) is 0. The molecule has 1 saturated carbocycles. The summed E-state index contributed by atoms with van der Waals surface area (Å²) in [5.41, 5.74) is 5.65. The number of amides is 2. The van der Waals surface area contributed by atoms with Crippen LogP contribution in [0.2, 0.25) is 0 Å². The number of nitrogens with zero attached hydrogens (tertiary/aromatic N) is 1. The smallest absolute Gasteiger partial charge is 0.243 e. The molecule has 0 aromatic heterocycles. The molecule has 1 aromatic carbocycles. The number of carbonyl (C=O) groups is 2. The normalized spacial score (nSPS) is 22.2. The number of benzene rings is 1. The van der Waals surface area contributed by atoms with E-state index in [0.717, 1.165) is 25.7 Å². The first-order valence-corrected chi connectivity index (χ1v) is 8.41. The standard InChI is InChI=1S/C18H23FN2O3/c19-14-4-2-1-3-13(14)11-17(23)21-9-7-18(8-10-21)6-5-15(18)24-12-16(20)22/h1-4,15H,5-12H2,(H2,20,22). The lowest BCUT2D eigenvalue weighted by Crippen LogP contribution is -2.54. The zero-order chi connectivity index (χ0) is 17.2. The Morgan fingerprint density at radius 2 is 1.96 bits per heavy atom. The van der Waals surface area contributed by atoms with Crippen LogP contribution in [0.4, 0.5) is 4.39 Å². The molecule has 1 atom stereocenters. The van der Waals surface area contributed by atoms with Gasteiger partial charge in [0.2, 0.25) is 11.8 Å². The quantitative estimate of drug-likeness (QED) is 0.890. The maximum atomic E-state index is 13.7. The van der Waals surface area contributed by atoms with Crippen LogP contribution in [-0.2, 0) is 20.7 Å². The Hall–Kier alpha value is -1.95. The molecule has 1 unspecified atom stereocenters. The number of rotatable bonds is 5. The van der Waals surface area contributed by atoms with E-state index >= 15 is 0 Å². The van der Waals surface area contributed by atoms with Gasteiger partial charge in [0.25, 0.3) is 0 Å². The van der Waals surface area contributed by atoms with E-state index in [1.807, 2.05) is 0 Å². The van der Waals surface area contributed by atoms with Crippen LogP contribution in [0.15, 0.2) is 24.3 Å². The first-order chi connectivity index (χ1) is 11.5. The Kier molecular flexibility index (Phi) is 4.85. The van der Waals surface area contributed by atoms with Crippen molar-refractivity contribution in [1.29, 1.82) is 0 Å². The van der Waals surface area contributed by atoms with Gasteiger partial charge in [0.05, 0.1) is 12.5 Å². The van der Waals surface area contributed by atoms with Crippen LogP contribution in [0, 0.1) is 11.2 Å². The molecule has 0 bridgehead atoms. The minimum absolute atomic E-state index is 0.0381. The molecule has 1 spiro atoms. The van der Waals surface area contributed by atoms with Crippen molar-refractivity contribution in [3.8, 4) is 0 Å². The molecule has 1 aliphatic heterocycles. The van der Waals surface area contributed by atoms with Gasteiger partial charge in [-0.2, -0.15) is 0 Å². The van der Waals surface area contributed by atoms with Gasteiger partial charge < -0.3 is 15.4 Å². The average Bonchev–Trinajstić information content (AvgIpc) is 2.56. The molecule has 3 rings (SSSR count). The minimum Gasteiger partial charge on any atom is -0.368 e. The Balaban J connectivity index is 1.52. The van der Waals surface area contributed by atoms with Crippen molar-refractivity contribution < 1.29 is 18.7 Å². The van der Waals surface area contributed by atoms with Crippen molar-refractivity contribution >= 4 is 11.8 Å². The third-order valence-corrected chi connectivity index (χ3v) is 5.43. The molecule has 0 radical (unpaired) electrons. The van der Waals surface area contributed by atoms with Crippen LogP contribution < -0.4 is 5.73 Å². The Bertz CT molecular complexity index is 626. The summed E-state index contributed by atoms with van der Waals surface area (Å²) in [7, 11) is 0. The molecule has 1 saturated heterocycles. The number of carbonyl (C=O) groups excluding carboxylic acids is 2. The van der Waals surface area contributed by atoms with Crippen molar-refractivity contribution in [2.24, 2.45) is 11.1 Å². The van der Waals surface area contributed by atoms with Gasteiger partial charge in [0.15, 0.2) is 0 Å². The van der Waals surface area contributed by atoms with Crippen molar-refractivity contribution in [2.45, 2.75) is 38.2 Å². The highest BCUT2D eigenvalue weighted by molar-refractivity contribution is 5.79. The van der Waals surface area contributed by atoms with Gasteiger partial charge in [-0.15, -0.1) is 0 Å². The van der Waals surface area contributed by atoms with Crippen LogP contribution in [0.25, 0.3) is 0 Å². The summed E-state index contributed by atoms with van der Waals surface area (Å²) >= 11 is 0. The Morgan fingerprint density at radius 1 is 1.25 bits per heavy atom. The number of hydrogen-bond acceptors (Lipinski definition) is 3. The highest BCUT2D eigenvalue weighted by Crippen LogP contribution is 2.50. The number of primary amides is 1. The largest absolute Gasteiger partial charge is 0.368 e. The third-order valence-electron chi connectivity index (χ3n) is 5.43. The van der Waals surface area contributed by atoms with Gasteiger partial charge in [0, 0.05) is 18.5 Å². The monoisotopic (exact) mass is 334 g/mol. The second-order valence-electron chi connectivity index (χ2n) is 6.82. The van der Waals surface area contributed by atoms with E-state index in [1.165, 1.54) is 6.07 Å². The predicted molar refractivity (Wildman–Crippen MR) is 86.5 cm³/mol. The number of nitrogens with two attached hydrogens (primary N) is 1. The van der Waals surface area contributed by atoms with Crippen molar-refractivity contribution in [3.05, 3.63) is 35.6 Å². The summed E-state index contributed by atoms with van der Waals surface area (Å²) in [4.78, 5) is 25.1. The fourth-order valence-electron chi connectivity index (χ4n) is 3.80. The molecule has 5 nitrogen and oxygen atoms in total. The molecule has 1 aromatic rings. The van der Waals surface area contributed by atoms with E-state index in [1.54, 1.807) is 23.1 Å². The first-order valence-electron chi connectivity index (χ1n) is 8.41. The van der Waals surface area contributed by atoms with E-state index in [4.69, 9.17) is 10.5 Å². The maximum absolute atomic E-state index is 13.7. The van der Waals surface area contributed by atoms with Crippen molar-refractivity contribution in [3.63, 3.8) is 0 Å². The molecule has 1 aliphatic carbocycles. The van der Waals surface area contributed by atoms with Gasteiger partial charge in [-0.25, -0.2) is 4.39 Å². The number of piperidine rings is 1. The number of likely N-dealkylation sites (tertiary alicyclic amines) is 1. The van der Waals surface area contributed by atoms with Crippen molar-refractivity contribution in [2.75, 3.05) is 19.7 Å². The SMILES string of the molecule is NC(=O)COC1CCC12CCN(C(=O)Cc1ccccc1F)CC2. The highest BCUT2D eigenvalue weighted by Gasteiger charge is 2.49. The predicted octanol–water partition coefficient (Wildman–Crippen LogP) is 1.64. The molecule has 130 valence electrons. The fourth-order valence-corrected chi connectivity index (χ4v) is 3.80. The summed E-state index contributed by atoms with van der Waals surface area (Å²) in [6.45, 7) is 1.27. The molecule has 1 heterocycles. The second-order valence-corrected chi connectivity index (χ2v) is 6.82. The molecule has 2 amide bonds. The Labute approximate surface area is 141 Å². The van der Waals surface area contributed by atoms with E-state index in [2.05, 4.69) is 0 Å². The zero-order valence-corrected chi connectivity index (χ0v) is 13.7. The van der Waals surface area contributed by atoms with E-state index in [0.29, 0.717) is 18.7 Å². The van der Waals surface area contributed by atoms with E-state index in [-0.39, 0.29) is 36.3 Å².